The van der Waals surface area contributed by atoms with Crippen LogP contribution in [0.1, 0.15) is 35.9 Å². The number of hydrogen-bond donors (Lipinski definition) is 2. The van der Waals surface area contributed by atoms with Crippen molar-refractivity contribution in [3.63, 3.8) is 0 Å². The highest BCUT2D eigenvalue weighted by molar-refractivity contribution is 7.10. The molecule has 0 aliphatic carbocycles. The van der Waals surface area contributed by atoms with Gasteiger partial charge in [-0.15, -0.1) is 11.3 Å². The molecule has 2 rings (SSSR count). The minimum absolute atomic E-state index is 0.0177. The summed E-state index contributed by atoms with van der Waals surface area (Å²) in [6.45, 7) is 6.09. The molecule has 1 aromatic heterocycles. The lowest BCUT2D eigenvalue weighted by molar-refractivity contribution is 0.249. The minimum atomic E-state index is -0.157. The van der Waals surface area contributed by atoms with Gasteiger partial charge < -0.3 is 10.6 Å². The van der Waals surface area contributed by atoms with Crippen molar-refractivity contribution >= 4 is 23.1 Å². The van der Waals surface area contributed by atoms with E-state index in [2.05, 4.69) is 17.6 Å². The maximum atomic E-state index is 12.1. The van der Waals surface area contributed by atoms with Crippen LogP contribution in [0.25, 0.3) is 0 Å². The van der Waals surface area contributed by atoms with E-state index >= 15 is 0 Å². The lowest BCUT2D eigenvalue weighted by atomic mass is 10.1. The third-order valence-electron chi connectivity index (χ3n) is 3.30. The van der Waals surface area contributed by atoms with Crippen molar-refractivity contribution < 1.29 is 4.79 Å². The van der Waals surface area contributed by atoms with Crippen molar-refractivity contribution in [3.8, 4) is 0 Å². The molecule has 20 heavy (non-hydrogen) atoms. The molecular formula is C16H20N2OS. The first kappa shape index (κ1) is 14.6. The van der Waals surface area contributed by atoms with Gasteiger partial charge in [-0.2, -0.15) is 0 Å². The first-order valence-corrected chi connectivity index (χ1v) is 7.69. The van der Waals surface area contributed by atoms with Gasteiger partial charge in [0.25, 0.3) is 0 Å². The molecule has 2 amide bonds. The molecule has 0 spiro atoms. The SMILES string of the molecule is CCc1cccc(C)c1NC(=O)NC(C)c1cccs1. The largest absolute Gasteiger partial charge is 0.331 e. The molecule has 1 atom stereocenters. The summed E-state index contributed by atoms with van der Waals surface area (Å²) in [6.07, 6.45) is 0.901. The normalized spacial score (nSPS) is 11.9. The van der Waals surface area contributed by atoms with Crippen molar-refractivity contribution in [2.45, 2.75) is 33.2 Å². The van der Waals surface area contributed by atoms with Crippen LogP contribution in [-0.2, 0) is 6.42 Å². The number of aryl methyl sites for hydroxylation is 2. The molecule has 1 aromatic carbocycles. The number of amides is 2. The number of hydrogen-bond acceptors (Lipinski definition) is 2. The summed E-state index contributed by atoms with van der Waals surface area (Å²) in [5.41, 5.74) is 3.16. The monoisotopic (exact) mass is 288 g/mol. The van der Waals surface area contributed by atoms with Crippen molar-refractivity contribution in [2.24, 2.45) is 0 Å². The lowest BCUT2D eigenvalue weighted by Crippen LogP contribution is -2.31. The van der Waals surface area contributed by atoms with Crippen molar-refractivity contribution in [2.75, 3.05) is 5.32 Å². The van der Waals surface area contributed by atoms with Gasteiger partial charge in [0.05, 0.1) is 6.04 Å². The molecule has 0 bridgehead atoms. The van der Waals surface area contributed by atoms with Crippen LogP contribution >= 0.6 is 11.3 Å². The molecular weight excluding hydrogens is 268 g/mol. The number of urea groups is 1. The Balaban J connectivity index is 2.05. The number of rotatable bonds is 4. The summed E-state index contributed by atoms with van der Waals surface area (Å²) in [5, 5.41) is 7.96. The van der Waals surface area contributed by atoms with Crippen LogP contribution in [0.2, 0.25) is 0 Å². The fraction of sp³-hybridized carbons (Fsp3) is 0.312. The highest BCUT2D eigenvalue weighted by Crippen LogP contribution is 2.22. The van der Waals surface area contributed by atoms with Gasteiger partial charge in [-0.1, -0.05) is 31.2 Å². The zero-order valence-electron chi connectivity index (χ0n) is 12.1. The number of carbonyl (C=O) groups is 1. The van der Waals surface area contributed by atoms with Gasteiger partial charge in [0.15, 0.2) is 0 Å². The van der Waals surface area contributed by atoms with E-state index in [1.165, 1.54) is 0 Å². The number of thiophene rings is 1. The van der Waals surface area contributed by atoms with Crippen molar-refractivity contribution in [1.29, 1.82) is 0 Å². The van der Waals surface area contributed by atoms with E-state index in [4.69, 9.17) is 0 Å². The van der Waals surface area contributed by atoms with Gasteiger partial charge >= 0.3 is 6.03 Å². The maximum Gasteiger partial charge on any atom is 0.319 e. The molecule has 3 nitrogen and oxygen atoms in total. The molecule has 0 aliphatic heterocycles. The van der Waals surface area contributed by atoms with Crippen molar-refractivity contribution in [1.82, 2.24) is 5.32 Å². The fourth-order valence-electron chi connectivity index (χ4n) is 2.16. The second-order valence-corrected chi connectivity index (χ2v) is 5.78. The van der Waals surface area contributed by atoms with Crippen LogP contribution in [0.5, 0.6) is 0 Å². The minimum Gasteiger partial charge on any atom is -0.331 e. The zero-order chi connectivity index (χ0) is 14.5. The number of benzene rings is 1. The zero-order valence-corrected chi connectivity index (χ0v) is 12.9. The van der Waals surface area contributed by atoms with E-state index in [0.29, 0.717) is 0 Å². The predicted molar refractivity (Wildman–Crippen MR) is 85.4 cm³/mol. The average molecular weight is 288 g/mol. The molecule has 106 valence electrons. The summed E-state index contributed by atoms with van der Waals surface area (Å²) in [5.74, 6) is 0. The van der Waals surface area contributed by atoms with Crippen LogP contribution < -0.4 is 10.6 Å². The van der Waals surface area contributed by atoms with E-state index in [0.717, 1.165) is 28.1 Å². The third kappa shape index (κ3) is 3.39. The molecule has 0 aliphatic rings. The second-order valence-electron chi connectivity index (χ2n) is 4.80. The second kappa shape index (κ2) is 6.57. The molecule has 0 saturated heterocycles. The number of anilines is 1. The first-order valence-electron chi connectivity index (χ1n) is 6.81. The Kier molecular flexibility index (Phi) is 4.79. The third-order valence-corrected chi connectivity index (χ3v) is 4.35. The molecule has 2 aromatic rings. The Bertz CT molecular complexity index is 578. The highest BCUT2D eigenvalue weighted by Gasteiger charge is 2.12. The van der Waals surface area contributed by atoms with E-state index in [1.807, 2.05) is 49.6 Å². The Labute approximate surface area is 124 Å². The molecule has 2 N–H and O–H groups in total. The molecule has 0 radical (unpaired) electrons. The first-order chi connectivity index (χ1) is 9.61. The molecule has 1 unspecified atom stereocenters. The molecule has 1 heterocycles. The Hall–Kier alpha value is -1.81. The summed E-state index contributed by atoms with van der Waals surface area (Å²) < 4.78 is 0. The molecule has 0 saturated carbocycles. The molecule has 4 heteroatoms. The Morgan fingerprint density at radius 2 is 2.10 bits per heavy atom. The van der Waals surface area contributed by atoms with Crippen LogP contribution in [0.3, 0.4) is 0 Å². The van der Waals surface area contributed by atoms with Gasteiger partial charge in [0, 0.05) is 10.6 Å². The highest BCUT2D eigenvalue weighted by atomic mass is 32.1. The van der Waals surface area contributed by atoms with E-state index in [-0.39, 0.29) is 12.1 Å². The smallest absolute Gasteiger partial charge is 0.319 e. The van der Waals surface area contributed by atoms with Gasteiger partial charge in [-0.3, -0.25) is 0 Å². The molecule has 0 fully saturated rings. The van der Waals surface area contributed by atoms with Crippen LogP contribution in [0.15, 0.2) is 35.7 Å². The van der Waals surface area contributed by atoms with Gasteiger partial charge in [-0.05, 0) is 42.8 Å². The van der Waals surface area contributed by atoms with Crippen LogP contribution in [-0.4, -0.2) is 6.03 Å². The fourth-order valence-corrected chi connectivity index (χ4v) is 2.89. The van der Waals surface area contributed by atoms with Gasteiger partial charge in [-0.25, -0.2) is 4.79 Å². The summed E-state index contributed by atoms with van der Waals surface area (Å²) in [4.78, 5) is 13.3. The van der Waals surface area contributed by atoms with E-state index < -0.39 is 0 Å². The summed E-state index contributed by atoms with van der Waals surface area (Å²) in [7, 11) is 0. The lowest BCUT2D eigenvalue weighted by Gasteiger charge is -2.16. The van der Waals surface area contributed by atoms with E-state index in [1.54, 1.807) is 11.3 Å². The Morgan fingerprint density at radius 1 is 1.30 bits per heavy atom. The number of carbonyl (C=O) groups excluding carboxylic acids is 1. The maximum absolute atomic E-state index is 12.1. The standard InChI is InChI=1S/C16H20N2OS/c1-4-13-8-5-7-11(2)15(13)18-16(19)17-12(3)14-9-6-10-20-14/h5-10,12H,4H2,1-3H3,(H2,17,18,19). The quantitative estimate of drug-likeness (QED) is 0.854. The number of para-hydroxylation sites is 1. The number of nitrogens with one attached hydrogen (secondary N) is 2. The Morgan fingerprint density at radius 3 is 2.75 bits per heavy atom. The van der Waals surface area contributed by atoms with Crippen LogP contribution in [0, 0.1) is 6.92 Å². The van der Waals surface area contributed by atoms with E-state index in [9.17, 15) is 4.79 Å². The average Bonchev–Trinajstić information content (AvgIpc) is 2.95. The summed E-state index contributed by atoms with van der Waals surface area (Å²) in [6, 6.07) is 9.96. The predicted octanol–water partition coefficient (Wildman–Crippen LogP) is 4.50. The van der Waals surface area contributed by atoms with Crippen LogP contribution in [0.4, 0.5) is 10.5 Å². The summed E-state index contributed by atoms with van der Waals surface area (Å²) >= 11 is 1.65. The van der Waals surface area contributed by atoms with Gasteiger partial charge in [0.2, 0.25) is 0 Å². The topological polar surface area (TPSA) is 41.1 Å². The van der Waals surface area contributed by atoms with Crippen molar-refractivity contribution in [3.05, 3.63) is 51.7 Å². The van der Waals surface area contributed by atoms with Gasteiger partial charge in [0.1, 0.15) is 0 Å².